The van der Waals surface area contributed by atoms with Crippen molar-refractivity contribution in [1.82, 2.24) is 14.5 Å². The van der Waals surface area contributed by atoms with Crippen molar-refractivity contribution in [2.75, 3.05) is 16.6 Å². The van der Waals surface area contributed by atoms with E-state index < -0.39 is 70.9 Å². The minimum absolute atomic E-state index is 0.115. The van der Waals surface area contributed by atoms with E-state index in [0.29, 0.717) is 5.39 Å². The average molecular weight is 583 g/mol. The number of hydrogen-bond acceptors (Lipinski definition) is 9. The highest BCUT2D eigenvalue weighted by atomic mass is 35.5. The largest absolute Gasteiger partial charge is 0.387 e. The first kappa shape index (κ1) is 27.8. The number of ether oxygens (including phenoxy) is 1. The van der Waals surface area contributed by atoms with Crippen LogP contribution in [0.2, 0.25) is 5.28 Å². The van der Waals surface area contributed by atoms with Crippen LogP contribution < -0.4 is 5.32 Å². The number of halogens is 3. The molecule has 3 aromatic rings. The van der Waals surface area contributed by atoms with Crippen molar-refractivity contribution in [2.24, 2.45) is 0 Å². The number of sulfone groups is 1. The molecule has 1 fully saturated rings. The van der Waals surface area contributed by atoms with Crippen molar-refractivity contribution in [2.45, 2.75) is 37.5 Å². The van der Waals surface area contributed by atoms with Crippen LogP contribution in [-0.4, -0.2) is 72.5 Å². The fraction of sp³-hybridized carbons (Fsp3) is 0.400. The van der Waals surface area contributed by atoms with Gasteiger partial charge in [0.15, 0.2) is 21.6 Å². The SMILES string of the molecule is C[C@H](Nc1nc(Cl)nc2c1ccn2[C@@H]1O[C@H](CS(=O)(=O)CP(=O)(O)O)[C@@H](O)[C@H]1O)c1ccc(F)cc1F. The smallest absolute Gasteiger partial charge is 0.340 e. The highest BCUT2D eigenvalue weighted by Crippen LogP contribution is 2.39. The lowest BCUT2D eigenvalue weighted by molar-refractivity contribution is -0.0288. The van der Waals surface area contributed by atoms with Gasteiger partial charge in [0, 0.05) is 17.8 Å². The van der Waals surface area contributed by atoms with E-state index in [1.165, 1.54) is 22.9 Å². The molecule has 2 aromatic heterocycles. The van der Waals surface area contributed by atoms with Crippen molar-refractivity contribution in [3.05, 3.63) is 52.9 Å². The highest BCUT2D eigenvalue weighted by Gasteiger charge is 2.46. The third-order valence-corrected chi connectivity index (χ3v) is 9.65. The molecule has 4 rings (SSSR count). The summed E-state index contributed by atoms with van der Waals surface area (Å²) in [6.45, 7) is 1.61. The first-order chi connectivity index (χ1) is 17.1. The molecule has 1 saturated heterocycles. The maximum Gasteiger partial charge on any atom is 0.340 e. The molecule has 1 aromatic carbocycles. The molecule has 0 unspecified atom stereocenters. The lowest BCUT2D eigenvalue weighted by Crippen LogP contribution is -2.35. The standard InChI is InChI=1S/C20H22ClF2N4O8PS/c1-9(11-3-2-10(22)6-13(11)23)24-17-12-4-5-27(18(12)26-20(21)25-17)19-16(29)15(28)14(35-19)7-37(33,34)8-36(30,31)32/h2-6,9,14-16,19,28-29H,7-8H2,1H3,(H,24,25,26)(H2,30,31,32)/t9-,14+,15+,16+,19+/m0/s1. The number of nitrogens with zero attached hydrogens (tertiary/aromatic N) is 3. The van der Waals surface area contributed by atoms with Gasteiger partial charge < -0.3 is 34.6 Å². The molecule has 37 heavy (non-hydrogen) atoms. The van der Waals surface area contributed by atoms with Gasteiger partial charge in [-0.2, -0.15) is 4.98 Å². The molecule has 0 amide bonds. The van der Waals surface area contributed by atoms with Crippen molar-refractivity contribution >= 4 is 45.9 Å². The third kappa shape index (κ3) is 6.10. The van der Waals surface area contributed by atoms with Crippen molar-refractivity contribution < 1.29 is 46.5 Å². The average Bonchev–Trinajstić information content (AvgIpc) is 3.27. The fourth-order valence-corrected chi connectivity index (χ4v) is 7.53. The van der Waals surface area contributed by atoms with Crippen LogP contribution in [0.4, 0.5) is 14.6 Å². The molecule has 3 heterocycles. The van der Waals surface area contributed by atoms with Crippen LogP contribution in [0.25, 0.3) is 11.0 Å². The molecule has 1 aliphatic heterocycles. The van der Waals surface area contributed by atoms with E-state index in [1.54, 1.807) is 6.92 Å². The maximum atomic E-state index is 14.2. The molecule has 0 radical (unpaired) electrons. The van der Waals surface area contributed by atoms with Gasteiger partial charge in [0.2, 0.25) is 5.28 Å². The van der Waals surface area contributed by atoms with Crippen LogP contribution in [0.15, 0.2) is 30.5 Å². The summed E-state index contributed by atoms with van der Waals surface area (Å²) in [5.41, 5.74) is -1.17. The summed E-state index contributed by atoms with van der Waals surface area (Å²) in [4.78, 5) is 26.2. The first-order valence-corrected chi connectivity index (χ1v) is 14.7. The molecule has 1 aliphatic rings. The number of aliphatic hydroxyl groups is 2. The molecular formula is C20H22ClF2N4O8PS. The van der Waals surface area contributed by atoms with Gasteiger partial charge in [-0.15, -0.1) is 0 Å². The molecule has 0 saturated carbocycles. The summed E-state index contributed by atoms with van der Waals surface area (Å²) in [5.74, 6) is -2.29. The van der Waals surface area contributed by atoms with Crippen LogP contribution in [-0.2, 0) is 19.1 Å². The minimum Gasteiger partial charge on any atom is -0.387 e. The summed E-state index contributed by atoms with van der Waals surface area (Å²) in [6.07, 6.45) is -4.76. The minimum atomic E-state index is -4.90. The molecule has 0 bridgehead atoms. The highest BCUT2D eigenvalue weighted by molar-refractivity contribution is 7.97. The second-order valence-corrected chi connectivity index (χ2v) is 13.1. The number of fused-ring (bicyclic) bond motifs is 1. The molecule has 17 heteroatoms. The summed E-state index contributed by atoms with van der Waals surface area (Å²) < 4.78 is 69.8. The summed E-state index contributed by atoms with van der Waals surface area (Å²) >= 11 is 6.08. The normalized spacial score (nSPS) is 23.5. The van der Waals surface area contributed by atoms with Crippen molar-refractivity contribution in [3.63, 3.8) is 0 Å². The van der Waals surface area contributed by atoms with Crippen LogP contribution in [0.3, 0.4) is 0 Å². The number of rotatable bonds is 8. The Hall–Kier alpha value is -2.23. The van der Waals surface area contributed by atoms with Gasteiger partial charge in [0.1, 0.15) is 41.4 Å². The summed E-state index contributed by atoms with van der Waals surface area (Å²) in [5, 5.41) is 24.0. The third-order valence-electron chi connectivity index (χ3n) is 5.72. The first-order valence-electron chi connectivity index (χ1n) is 10.7. The fourth-order valence-electron chi connectivity index (χ4n) is 4.11. The van der Waals surface area contributed by atoms with Gasteiger partial charge in [-0.1, -0.05) is 6.07 Å². The van der Waals surface area contributed by atoms with Gasteiger partial charge >= 0.3 is 7.60 Å². The monoisotopic (exact) mass is 582 g/mol. The molecule has 0 aliphatic carbocycles. The molecule has 12 nitrogen and oxygen atoms in total. The summed E-state index contributed by atoms with van der Waals surface area (Å²) in [6, 6.07) is 3.96. The number of benzene rings is 1. The van der Waals surface area contributed by atoms with Crippen LogP contribution in [0, 0.1) is 11.6 Å². The van der Waals surface area contributed by atoms with E-state index in [0.717, 1.165) is 12.1 Å². The summed E-state index contributed by atoms with van der Waals surface area (Å²) in [7, 11) is -9.25. The van der Waals surface area contributed by atoms with Crippen LogP contribution >= 0.6 is 19.2 Å². The van der Waals surface area contributed by atoms with E-state index in [1.807, 2.05) is 0 Å². The van der Waals surface area contributed by atoms with Crippen LogP contribution in [0.5, 0.6) is 0 Å². The van der Waals surface area contributed by atoms with E-state index >= 15 is 0 Å². The number of aromatic nitrogens is 3. The Balaban J connectivity index is 1.62. The van der Waals surface area contributed by atoms with Gasteiger partial charge in [-0.05, 0) is 30.7 Å². The number of hydrogen-bond donors (Lipinski definition) is 5. The van der Waals surface area contributed by atoms with Crippen molar-refractivity contribution in [3.8, 4) is 0 Å². The molecule has 5 N–H and O–H groups in total. The zero-order valence-corrected chi connectivity index (χ0v) is 21.4. The second-order valence-electron chi connectivity index (χ2n) is 8.58. The van der Waals surface area contributed by atoms with Gasteiger partial charge in [-0.3, -0.25) is 4.57 Å². The van der Waals surface area contributed by atoms with E-state index in [9.17, 15) is 32.0 Å². The van der Waals surface area contributed by atoms with Gasteiger partial charge in [0.05, 0.1) is 17.2 Å². The predicted octanol–water partition coefficient (Wildman–Crippen LogP) is 1.71. The zero-order valence-electron chi connectivity index (χ0n) is 18.9. The molecular weight excluding hydrogens is 561 g/mol. The molecule has 0 spiro atoms. The maximum absolute atomic E-state index is 14.2. The second kappa shape index (κ2) is 10.2. The number of aliphatic hydroxyl groups excluding tert-OH is 2. The predicted molar refractivity (Wildman–Crippen MR) is 128 cm³/mol. The Morgan fingerprint density at radius 2 is 1.92 bits per heavy atom. The van der Waals surface area contributed by atoms with Gasteiger partial charge in [0.25, 0.3) is 0 Å². The van der Waals surface area contributed by atoms with Crippen molar-refractivity contribution in [1.29, 1.82) is 0 Å². The number of nitrogens with one attached hydrogen (secondary N) is 1. The quantitative estimate of drug-likeness (QED) is 0.192. The Kier molecular flexibility index (Phi) is 7.63. The Bertz CT molecular complexity index is 1490. The van der Waals surface area contributed by atoms with E-state index in [-0.39, 0.29) is 22.3 Å². The zero-order chi connectivity index (χ0) is 27.3. The Morgan fingerprint density at radius 3 is 2.57 bits per heavy atom. The topological polar surface area (TPSA) is 184 Å². The molecule has 5 atom stereocenters. The Morgan fingerprint density at radius 1 is 1.22 bits per heavy atom. The van der Waals surface area contributed by atoms with Crippen LogP contribution in [0.1, 0.15) is 24.8 Å². The van der Waals surface area contributed by atoms with Gasteiger partial charge in [-0.25, -0.2) is 22.2 Å². The number of anilines is 1. The molecule has 202 valence electrons. The Labute approximate surface area is 214 Å². The lowest BCUT2D eigenvalue weighted by atomic mass is 10.1. The lowest BCUT2D eigenvalue weighted by Gasteiger charge is -2.19. The van der Waals surface area contributed by atoms with E-state index in [2.05, 4.69) is 15.3 Å². The van der Waals surface area contributed by atoms with E-state index in [4.69, 9.17) is 26.1 Å².